The van der Waals surface area contributed by atoms with Crippen molar-refractivity contribution < 1.29 is 4.79 Å². The lowest BCUT2D eigenvalue weighted by molar-refractivity contribution is 0.176. The monoisotopic (exact) mass is 324 g/mol. The normalized spacial score (nSPS) is 20.9. The summed E-state index contributed by atoms with van der Waals surface area (Å²) in [6, 6.07) is 10.8. The number of urea groups is 1. The molecule has 1 aliphatic heterocycles. The Bertz CT molecular complexity index is 730. The van der Waals surface area contributed by atoms with Crippen molar-refractivity contribution in [2.45, 2.75) is 37.6 Å². The maximum absolute atomic E-state index is 12.6. The highest BCUT2D eigenvalue weighted by molar-refractivity contribution is 5.75. The molecule has 1 saturated heterocycles. The Hall–Kier alpha value is -2.30. The van der Waals surface area contributed by atoms with Crippen LogP contribution in [0, 0.1) is 0 Å². The van der Waals surface area contributed by atoms with Gasteiger partial charge in [0.25, 0.3) is 0 Å². The largest absolute Gasteiger partial charge is 0.331 e. The van der Waals surface area contributed by atoms with Crippen LogP contribution in [0.15, 0.2) is 36.5 Å². The molecular weight excluding hydrogens is 300 g/mol. The molecule has 2 aliphatic rings. The van der Waals surface area contributed by atoms with Gasteiger partial charge < -0.3 is 10.2 Å². The molecule has 1 aromatic carbocycles. The third-order valence-electron chi connectivity index (χ3n) is 5.49. The first-order chi connectivity index (χ1) is 11.7. The second kappa shape index (κ2) is 6.30. The zero-order valence-corrected chi connectivity index (χ0v) is 14.1. The van der Waals surface area contributed by atoms with E-state index < -0.39 is 0 Å². The highest BCUT2D eigenvalue weighted by Gasteiger charge is 2.28. The maximum atomic E-state index is 12.6. The van der Waals surface area contributed by atoms with E-state index >= 15 is 0 Å². The number of carbonyl (C=O) groups is 1. The molecule has 5 nitrogen and oxygen atoms in total. The molecule has 2 amide bonds. The van der Waals surface area contributed by atoms with Gasteiger partial charge in [0.05, 0.1) is 6.04 Å². The molecule has 1 aliphatic carbocycles. The molecule has 1 aromatic heterocycles. The smallest absolute Gasteiger partial charge is 0.317 e. The van der Waals surface area contributed by atoms with E-state index in [1.165, 1.54) is 16.8 Å². The summed E-state index contributed by atoms with van der Waals surface area (Å²) in [6.45, 7) is 1.63. The number of benzene rings is 1. The predicted molar refractivity (Wildman–Crippen MR) is 92.8 cm³/mol. The molecule has 1 fully saturated rings. The molecule has 2 aromatic rings. The van der Waals surface area contributed by atoms with Crippen molar-refractivity contribution in [3.63, 3.8) is 0 Å². The molecule has 5 heteroatoms. The first kappa shape index (κ1) is 15.2. The van der Waals surface area contributed by atoms with E-state index in [4.69, 9.17) is 0 Å². The van der Waals surface area contributed by atoms with Gasteiger partial charge in [-0.3, -0.25) is 4.68 Å². The van der Waals surface area contributed by atoms with Crippen LogP contribution in [0.3, 0.4) is 0 Å². The first-order valence-corrected chi connectivity index (χ1v) is 8.83. The summed E-state index contributed by atoms with van der Waals surface area (Å²) in [5.74, 6) is 0.508. The SMILES string of the molecule is Cn1nccc1C1CCN(C(=O)NC2CCc3ccccc32)CC1. The molecule has 0 radical (unpaired) electrons. The van der Waals surface area contributed by atoms with Crippen molar-refractivity contribution in [1.82, 2.24) is 20.0 Å². The van der Waals surface area contributed by atoms with Crippen molar-refractivity contribution in [1.29, 1.82) is 0 Å². The van der Waals surface area contributed by atoms with Gasteiger partial charge in [-0.15, -0.1) is 0 Å². The fraction of sp³-hybridized carbons (Fsp3) is 0.474. The van der Waals surface area contributed by atoms with Crippen LogP contribution in [0.2, 0.25) is 0 Å². The minimum absolute atomic E-state index is 0.0835. The van der Waals surface area contributed by atoms with Crippen molar-refractivity contribution in [3.05, 3.63) is 53.3 Å². The third-order valence-corrected chi connectivity index (χ3v) is 5.49. The fourth-order valence-electron chi connectivity index (χ4n) is 4.11. The van der Waals surface area contributed by atoms with Crippen LogP contribution in [0.4, 0.5) is 4.79 Å². The Morgan fingerprint density at radius 2 is 1.96 bits per heavy atom. The van der Waals surface area contributed by atoms with Gasteiger partial charge in [-0.25, -0.2) is 4.79 Å². The minimum Gasteiger partial charge on any atom is -0.331 e. The van der Waals surface area contributed by atoms with Crippen LogP contribution in [0.5, 0.6) is 0 Å². The third kappa shape index (κ3) is 2.79. The molecule has 1 unspecified atom stereocenters. The number of carbonyl (C=O) groups excluding carboxylic acids is 1. The Morgan fingerprint density at radius 1 is 1.17 bits per heavy atom. The second-order valence-corrected chi connectivity index (χ2v) is 6.88. The maximum Gasteiger partial charge on any atom is 0.317 e. The van der Waals surface area contributed by atoms with E-state index in [1.54, 1.807) is 0 Å². The molecule has 4 rings (SSSR count). The number of fused-ring (bicyclic) bond motifs is 1. The number of nitrogens with one attached hydrogen (secondary N) is 1. The lowest BCUT2D eigenvalue weighted by Gasteiger charge is -2.33. The summed E-state index contributed by atoms with van der Waals surface area (Å²) in [7, 11) is 1.99. The van der Waals surface area contributed by atoms with Gasteiger partial charge in [0.1, 0.15) is 0 Å². The van der Waals surface area contributed by atoms with Gasteiger partial charge >= 0.3 is 6.03 Å². The predicted octanol–water partition coefficient (Wildman–Crippen LogP) is 3.00. The fourth-order valence-corrected chi connectivity index (χ4v) is 4.11. The van der Waals surface area contributed by atoms with Crippen molar-refractivity contribution in [3.8, 4) is 0 Å². The van der Waals surface area contributed by atoms with Gasteiger partial charge in [0, 0.05) is 37.9 Å². The van der Waals surface area contributed by atoms with E-state index in [9.17, 15) is 4.79 Å². The van der Waals surface area contributed by atoms with Crippen molar-refractivity contribution in [2.75, 3.05) is 13.1 Å². The zero-order valence-electron chi connectivity index (χ0n) is 14.1. The number of nitrogens with zero attached hydrogens (tertiary/aromatic N) is 3. The highest BCUT2D eigenvalue weighted by atomic mass is 16.2. The number of likely N-dealkylation sites (tertiary alicyclic amines) is 1. The van der Waals surface area contributed by atoms with Crippen LogP contribution in [0.25, 0.3) is 0 Å². The lowest BCUT2D eigenvalue weighted by Crippen LogP contribution is -2.45. The van der Waals surface area contributed by atoms with Crippen LogP contribution in [-0.4, -0.2) is 33.8 Å². The first-order valence-electron chi connectivity index (χ1n) is 8.83. The summed E-state index contributed by atoms with van der Waals surface area (Å²) < 4.78 is 1.95. The van der Waals surface area contributed by atoms with E-state index in [0.717, 1.165) is 38.8 Å². The van der Waals surface area contributed by atoms with Gasteiger partial charge in [0.2, 0.25) is 0 Å². The number of rotatable bonds is 2. The van der Waals surface area contributed by atoms with Gasteiger partial charge in [-0.2, -0.15) is 5.10 Å². The molecule has 24 heavy (non-hydrogen) atoms. The average molecular weight is 324 g/mol. The van der Waals surface area contributed by atoms with Gasteiger partial charge in [-0.1, -0.05) is 24.3 Å². The average Bonchev–Trinajstić information content (AvgIpc) is 3.22. The van der Waals surface area contributed by atoms with E-state index in [2.05, 4.69) is 40.7 Å². The summed E-state index contributed by atoms with van der Waals surface area (Å²) >= 11 is 0. The Labute approximate surface area is 142 Å². The van der Waals surface area contributed by atoms with E-state index in [-0.39, 0.29) is 12.1 Å². The molecule has 1 atom stereocenters. The molecule has 0 spiro atoms. The van der Waals surface area contributed by atoms with Gasteiger partial charge in [0.15, 0.2) is 0 Å². The van der Waals surface area contributed by atoms with Gasteiger partial charge in [-0.05, 0) is 42.9 Å². The van der Waals surface area contributed by atoms with E-state index in [0.29, 0.717) is 5.92 Å². The van der Waals surface area contributed by atoms with Crippen molar-refractivity contribution >= 4 is 6.03 Å². The number of aromatic nitrogens is 2. The summed E-state index contributed by atoms with van der Waals surface area (Å²) in [4.78, 5) is 14.6. The number of aryl methyl sites for hydroxylation is 2. The molecule has 2 heterocycles. The molecule has 1 N–H and O–H groups in total. The zero-order chi connectivity index (χ0) is 16.5. The van der Waals surface area contributed by atoms with Crippen molar-refractivity contribution in [2.24, 2.45) is 7.05 Å². The van der Waals surface area contributed by atoms with Crippen LogP contribution >= 0.6 is 0 Å². The summed E-state index contributed by atoms with van der Waals surface area (Å²) in [5, 5.41) is 7.49. The number of piperidine rings is 1. The minimum atomic E-state index is 0.0835. The summed E-state index contributed by atoms with van der Waals surface area (Å²) in [5.41, 5.74) is 3.94. The Morgan fingerprint density at radius 3 is 2.71 bits per heavy atom. The lowest BCUT2D eigenvalue weighted by atomic mass is 9.93. The van der Waals surface area contributed by atoms with E-state index in [1.807, 2.05) is 22.8 Å². The number of amides is 2. The van der Waals surface area contributed by atoms with Crippen LogP contribution in [0.1, 0.15) is 48.0 Å². The Balaban J connectivity index is 1.35. The topological polar surface area (TPSA) is 50.2 Å². The van der Waals surface area contributed by atoms with Crippen LogP contribution < -0.4 is 5.32 Å². The quantitative estimate of drug-likeness (QED) is 0.923. The highest BCUT2D eigenvalue weighted by Crippen LogP contribution is 2.31. The number of hydrogen-bond acceptors (Lipinski definition) is 2. The molecular formula is C19H24N4O. The molecule has 0 saturated carbocycles. The summed E-state index contributed by atoms with van der Waals surface area (Å²) in [6.07, 6.45) is 5.94. The standard InChI is InChI=1S/C19H24N4O/c1-22-18(8-11-20-22)15-9-12-23(13-10-15)19(24)21-17-7-6-14-4-2-3-5-16(14)17/h2-5,8,11,15,17H,6-7,9-10,12-13H2,1H3,(H,21,24). The second-order valence-electron chi connectivity index (χ2n) is 6.88. The number of hydrogen-bond donors (Lipinski definition) is 1. The molecule has 0 bridgehead atoms. The Kier molecular flexibility index (Phi) is 4.00. The molecule has 126 valence electrons. The van der Waals surface area contributed by atoms with Crippen LogP contribution in [-0.2, 0) is 13.5 Å².